The highest BCUT2D eigenvalue weighted by Gasteiger charge is 2.20. The van der Waals surface area contributed by atoms with E-state index < -0.39 is 0 Å². The molecule has 19 heavy (non-hydrogen) atoms. The minimum absolute atomic E-state index is 0.108. The first kappa shape index (κ1) is 13.9. The lowest BCUT2D eigenvalue weighted by molar-refractivity contribution is -0.132. The van der Waals surface area contributed by atoms with Crippen LogP contribution in [0.3, 0.4) is 0 Å². The average molecular weight is 266 g/mol. The van der Waals surface area contributed by atoms with Gasteiger partial charge in [0.2, 0.25) is 5.91 Å². The van der Waals surface area contributed by atoms with Crippen molar-refractivity contribution in [1.29, 1.82) is 0 Å². The lowest BCUT2D eigenvalue weighted by Gasteiger charge is -2.30. The molecular formula is C13H22N4O2. The first-order valence-electron chi connectivity index (χ1n) is 6.78. The highest BCUT2D eigenvalue weighted by atomic mass is 16.2. The Balaban J connectivity index is 1.92. The number of rotatable bonds is 3. The third-order valence-electron chi connectivity index (χ3n) is 3.93. The predicted octanol–water partition coefficient (Wildman–Crippen LogP) is 0.133. The van der Waals surface area contributed by atoms with E-state index in [0.29, 0.717) is 13.0 Å². The summed E-state index contributed by atoms with van der Waals surface area (Å²) in [5.41, 5.74) is 7.45. The number of hydrogen-bond donors (Lipinski definition) is 2. The summed E-state index contributed by atoms with van der Waals surface area (Å²) in [4.78, 5) is 28.3. The highest BCUT2D eigenvalue weighted by Crippen LogP contribution is 2.10. The minimum atomic E-state index is -0.136. The van der Waals surface area contributed by atoms with Gasteiger partial charge in [-0.25, -0.2) is 4.79 Å². The second-order valence-corrected chi connectivity index (χ2v) is 5.26. The fourth-order valence-electron chi connectivity index (χ4n) is 2.46. The third kappa shape index (κ3) is 3.07. The number of carbonyl (C=O) groups is 1. The van der Waals surface area contributed by atoms with Crippen molar-refractivity contribution in [1.82, 2.24) is 14.5 Å². The summed E-state index contributed by atoms with van der Waals surface area (Å²) in [6.07, 6.45) is 2.11. The molecule has 1 fully saturated rings. The van der Waals surface area contributed by atoms with Crippen LogP contribution < -0.4 is 11.4 Å². The molecule has 0 aromatic carbocycles. The Hall–Kier alpha value is -1.56. The van der Waals surface area contributed by atoms with E-state index in [2.05, 4.69) is 4.98 Å². The largest absolute Gasteiger partial charge is 0.343 e. The molecule has 0 atom stereocenters. The zero-order chi connectivity index (χ0) is 14.0. The predicted molar refractivity (Wildman–Crippen MR) is 72.9 cm³/mol. The molecule has 3 N–H and O–H groups in total. The molecule has 1 aromatic heterocycles. The first-order valence-corrected chi connectivity index (χ1v) is 6.78. The van der Waals surface area contributed by atoms with E-state index in [1.807, 2.05) is 18.7 Å². The number of aryl methyl sites for hydroxylation is 1. The summed E-state index contributed by atoms with van der Waals surface area (Å²) >= 11 is 0. The van der Waals surface area contributed by atoms with Gasteiger partial charge in [0.05, 0.1) is 0 Å². The number of imidazole rings is 1. The van der Waals surface area contributed by atoms with Crippen molar-refractivity contribution in [3.8, 4) is 0 Å². The van der Waals surface area contributed by atoms with Crippen molar-refractivity contribution in [2.24, 2.45) is 5.73 Å². The van der Waals surface area contributed by atoms with E-state index in [1.165, 1.54) is 0 Å². The van der Waals surface area contributed by atoms with Crippen LogP contribution in [-0.2, 0) is 11.3 Å². The fourth-order valence-corrected chi connectivity index (χ4v) is 2.46. The van der Waals surface area contributed by atoms with Gasteiger partial charge >= 0.3 is 5.69 Å². The SMILES string of the molecule is Cc1[nH]c(=O)n(CCC(=O)N2CCC(N)CC2)c1C. The van der Waals surface area contributed by atoms with Crippen LogP contribution >= 0.6 is 0 Å². The van der Waals surface area contributed by atoms with Gasteiger partial charge < -0.3 is 15.6 Å². The molecule has 106 valence electrons. The van der Waals surface area contributed by atoms with Crippen LogP contribution in [0.2, 0.25) is 0 Å². The molecule has 0 spiro atoms. The molecule has 2 rings (SSSR count). The number of aromatic amines is 1. The zero-order valence-electron chi connectivity index (χ0n) is 11.6. The van der Waals surface area contributed by atoms with E-state index in [-0.39, 0.29) is 17.6 Å². The number of carbonyl (C=O) groups excluding carboxylic acids is 1. The van der Waals surface area contributed by atoms with E-state index in [1.54, 1.807) is 4.57 Å². The average Bonchev–Trinajstić information content (AvgIpc) is 2.62. The van der Waals surface area contributed by atoms with Gasteiger partial charge in [0.15, 0.2) is 0 Å². The molecule has 1 aliphatic heterocycles. The number of hydrogen-bond acceptors (Lipinski definition) is 3. The topological polar surface area (TPSA) is 84.1 Å². The Morgan fingerprint density at radius 2 is 2.00 bits per heavy atom. The Kier molecular flexibility index (Phi) is 4.09. The summed E-state index contributed by atoms with van der Waals surface area (Å²) in [7, 11) is 0. The molecule has 0 aliphatic carbocycles. The zero-order valence-corrected chi connectivity index (χ0v) is 11.6. The molecule has 1 aromatic rings. The number of nitrogens with two attached hydrogens (primary N) is 1. The lowest BCUT2D eigenvalue weighted by Crippen LogP contribution is -2.43. The maximum absolute atomic E-state index is 12.1. The molecule has 1 amide bonds. The molecule has 2 heterocycles. The van der Waals surface area contributed by atoms with E-state index >= 15 is 0 Å². The monoisotopic (exact) mass is 266 g/mol. The van der Waals surface area contributed by atoms with Gasteiger partial charge in [-0.05, 0) is 26.7 Å². The van der Waals surface area contributed by atoms with Gasteiger partial charge in [-0.2, -0.15) is 0 Å². The van der Waals surface area contributed by atoms with Crippen LogP contribution in [0.1, 0.15) is 30.7 Å². The highest BCUT2D eigenvalue weighted by molar-refractivity contribution is 5.76. The van der Waals surface area contributed by atoms with E-state index in [0.717, 1.165) is 37.3 Å². The number of piperidine rings is 1. The Bertz CT molecular complexity index is 509. The summed E-state index contributed by atoms with van der Waals surface area (Å²) in [6.45, 7) is 5.66. The second kappa shape index (κ2) is 5.61. The first-order chi connectivity index (χ1) is 8.99. The summed E-state index contributed by atoms with van der Waals surface area (Å²) in [5.74, 6) is 0.108. The fraction of sp³-hybridized carbons (Fsp3) is 0.692. The van der Waals surface area contributed by atoms with Crippen LogP contribution in [0.25, 0.3) is 0 Å². The Labute approximate surface area is 112 Å². The van der Waals surface area contributed by atoms with Crippen molar-refractivity contribution in [3.63, 3.8) is 0 Å². The van der Waals surface area contributed by atoms with Gasteiger partial charge in [-0.1, -0.05) is 0 Å². The van der Waals surface area contributed by atoms with E-state index in [9.17, 15) is 9.59 Å². The molecular weight excluding hydrogens is 244 g/mol. The van der Waals surface area contributed by atoms with E-state index in [4.69, 9.17) is 5.73 Å². The molecule has 0 radical (unpaired) electrons. The Morgan fingerprint density at radius 3 is 2.53 bits per heavy atom. The molecule has 6 nitrogen and oxygen atoms in total. The number of amides is 1. The van der Waals surface area contributed by atoms with Crippen LogP contribution in [-0.4, -0.2) is 39.5 Å². The minimum Gasteiger partial charge on any atom is -0.343 e. The molecule has 0 unspecified atom stereocenters. The smallest absolute Gasteiger partial charge is 0.325 e. The lowest BCUT2D eigenvalue weighted by atomic mass is 10.1. The van der Waals surface area contributed by atoms with Crippen molar-refractivity contribution in [2.45, 2.75) is 45.7 Å². The molecule has 1 aliphatic rings. The van der Waals surface area contributed by atoms with Crippen LogP contribution in [0.15, 0.2) is 4.79 Å². The maximum Gasteiger partial charge on any atom is 0.325 e. The van der Waals surface area contributed by atoms with Crippen LogP contribution in [0.4, 0.5) is 0 Å². The van der Waals surface area contributed by atoms with Gasteiger partial charge in [-0.15, -0.1) is 0 Å². The number of likely N-dealkylation sites (tertiary alicyclic amines) is 1. The summed E-state index contributed by atoms with van der Waals surface area (Å²) in [5, 5.41) is 0. The summed E-state index contributed by atoms with van der Waals surface area (Å²) in [6, 6.07) is 0.223. The van der Waals surface area contributed by atoms with Crippen molar-refractivity contribution < 1.29 is 4.79 Å². The van der Waals surface area contributed by atoms with Gasteiger partial charge in [0, 0.05) is 43.5 Å². The van der Waals surface area contributed by atoms with Gasteiger partial charge in [0.25, 0.3) is 0 Å². The Morgan fingerprint density at radius 1 is 1.37 bits per heavy atom. The van der Waals surface area contributed by atoms with Crippen LogP contribution in [0, 0.1) is 13.8 Å². The van der Waals surface area contributed by atoms with Crippen molar-refractivity contribution in [3.05, 3.63) is 21.9 Å². The molecule has 0 saturated carbocycles. The normalized spacial score (nSPS) is 16.9. The maximum atomic E-state index is 12.1. The standard InChI is InChI=1S/C13H22N4O2/c1-9-10(2)17(13(19)15-9)8-5-12(18)16-6-3-11(14)4-7-16/h11H,3-8,14H2,1-2H3,(H,15,19). The second-order valence-electron chi connectivity index (χ2n) is 5.26. The van der Waals surface area contributed by atoms with Crippen molar-refractivity contribution >= 4 is 5.91 Å². The summed E-state index contributed by atoms with van der Waals surface area (Å²) < 4.78 is 1.63. The molecule has 6 heteroatoms. The number of H-pyrrole nitrogens is 1. The number of aromatic nitrogens is 2. The number of nitrogens with zero attached hydrogens (tertiary/aromatic N) is 2. The number of nitrogens with one attached hydrogen (secondary N) is 1. The van der Waals surface area contributed by atoms with Gasteiger partial charge in [0.1, 0.15) is 0 Å². The molecule has 0 bridgehead atoms. The van der Waals surface area contributed by atoms with Crippen LogP contribution in [0.5, 0.6) is 0 Å². The van der Waals surface area contributed by atoms with Crippen molar-refractivity contribution in [2.75, 3.05) is 13.1 Å². The third-order valence-corrected chi connectivity index (χ3v) is 3.93. The molecule has 1 saturated heterocycles. The quantitative estimate of drug-likeness (QED) is 0.815. The van der Waals surface area contributed by atoms with Gasteiger partial charge in [-0.3, -0.25) is 9.36 Å².